The fourth-order valence-corrected chi connectivity index (χ4v) is 3.73. The molecule has 2 aromatic rings. The highest BCUT2D eigenvalue weighted by molar-refractivity contribution is 9.10. The van der Waals surface area contributed by atoms with Gasteiger partial charge in [-0.15, -0.1) is 0 Å². The Morgan fingerprint density at radius 2 is 1.89 bits per heavy atom. The number of hydrogen-bond donors (Lipinski definition) is 1. The molecule has 0 saturated carbocycles. The maximum Gasteiger partial charge on any atom is 0.229 e. The van der Waals surface area contributed by atoms with Gasteiger partial charge in [-0.2, -0.15) is 0 Å². The molecule has 1 atom stereocenters. The number of rotatable bonds is 4. The zero-order valence-corrected chi connectivity index (χ0v) is 16.7. The Hall–Kier alpha value is -2.26. The van der Waals surface area contributed by atoms with Crippen molar-refractivity contribution in [3.63, 3.8) is 0 Å². The molecule has 1 aliphatic rings. The van der Waals surface area contributed by atoms with Crippen LogP contribution < -0.4 is 10.2 Å². The maximum atomic E-state index is 14.0. The minimum atomic E-state index is -3.54. The number of carbonyl (C=O) groups excluding carboxylic acids is 2. The number of nitrogens with one attached hydrogen (secondary N) is 1. The van der Waals surface area contributed by atoms with Gasteiger partial charge in [0.05, 0.1) is 16.5 Å². The molecule has 1 saturated heterocycles. The largest absolute Gasteiger partial charge is 0.323 e. The van der Waals surface area contributed by atoms with Crippen LogP contribution in [0.4, 0.5) is 15.8 Å². The Bertz CT molecular complexity index is 1010. The van der Waals surface area contributed by atoms with Crippen LogP contribution in [0.25, 0.3) is 0 Å². The molecule has 0 radical (unpaired) electrons. The van der Waals surface area contributed by atoms with Crippen molar-refractivity contribution in [2.24, 2.45) is 5.92 Å². The van der Waals surface area contributed by atoms with Crippen LogP contribution in [0, 0.1) is 11.7 Å². The van der Waals surface area contributed by atoms with Crippen LogP contribution in [0.1, 0.15) is 6.42 Å². The van der Waals surface area contributed by atoms with Crippen molar-refractivity contribution in [1.29, 1.82) is 0 Å². The van der Waals surface area contributed by atoms with Crippen molar-refractivity contribution in [1.82, 2.24) is 0 Å². The zero-order chi connectivity index (χ0) is 19.8. The molecule has 2 aromatic carbocycles. The number of anilines is 2. The first-order valence-corrected chi connectivity index (χ1v) is 10.7. The molecule has 9 heteroatoms. The number of amides is 2. The molecule has 0 spiro atoms. The van der Waals surface area contributed by atoms with E-state index < -0.39 is 27.5 Å². The molecular formula is C18H16BrFN2O4S. The third-order valence-electron chi connectivity index (χ3n) is 4.26. The molecule has 6 nitrogen and oxygen atoms in total. The lowest BCUT2D eigenvalue weighted by Crippen LogP contribution is -2.28. The van der Waals surface area contributed by atoms with Gasteiger partial charge in [-0.25, -0.2) is 12.8 Å². The van der Waals surface area contributed by atoms with Gasteiger partial charge in [-0.05, 0) is 42.5 Å². The highest BCUT2D eigenvalue weighted by Gasteiger charge is 2.35. The van der Waals surface area contributed by atoms with E-state index in [1.54, 1.807) is 24.3 Å². The molecule has 0 aliphatic carbocycles. The lowest BCUT2D eigenvalue weighted by Gasteiger charge is -2.17. The number of hydrogen-bond acceptors (Lipinski definition) is 4. The topological polar surface area (TPSA) is 83.5 Å². The van der Waals surface area contributed by atoms with E-state index >= 15 is 0 Å². The van der Waals surface area contributed by atoms with Crippen LogP contribution in [-0.2, 0) is 19.4 Å². The molecule has 2 amide bonds. The van der Waals surface area contributed by atoms with Gasteiger partial charge in [0.25, 0.3) is 0 Å². The van der Waals surface area contributed by atoms with Gasteiger partial charge in [-0.1, -0.05) is 15.9 Å². The first-order valence-electron chi connectivity index (χ1n) is 8.01. The zero-order valence-electron chi connectivity index (χ0n) is 14.3. The summed E-state index contributed by atoms with van der Waals surface area (Å²) in [6, 6.07) is 10.3. The molecule has 142 valence electrons. The monoisotopic (exact) mass is 454 g/mol. The average molecular weight is 455 g/mol. The average Bonchev–Trinajstić information content (AvgIpc) is 2.98. The third kappa shape index (κ3) is 4.36. The van der Waals surface area contributed by atoms with Gasteiger partial charge in [0.1, 0.15) is 5.82 Å². The maximum absolute atomic E-state index is 14.0. The molecule has 1 fully saturated rings. The molecule has 0 bridgehead atoms. The quantitative estimate of drug-likeness (QED) is 0.719. The van der Waals surface area contributed by atoms with E-state index in [-0.39, 0.29) is 29.5 Å². The summed E-state index contributed by atoms with van der Waals surface area (Å²) in [7, 11) is -3.54. The van der Waals surface area contributed by atoms with Crippen molar-refractivity contribution in [3.05, 3.63) is 52.8 Å². The summed E-state index contributed by atoms with van der Waals surface area (Å²) in [4.78, 5) is 26.2. The van der Waals surface area contributed by atoms with Crippen molar-refractivity contribution >= 4 is 49.0 Å². The van der Waals surface area contributed by atoms with Crippen molar-refractivity contribution < 1.29 is 22.4 Å². The van der Waals surface area contributed by atoms with Crippen LogP contribution >= 0.6 is 15.9 Å². The SMILES string of the molecule is CS(=O)(=O)c1ccc(F)c(NC(=O)C2CC(=O)N(c3ccc(Br)cc3)C2)c1. The summed E-state index contributed by atoms with van der Waals surface area (Å²) in [5, 5.41) is 2.40. The Balaban J connectivity index is 1.76. The number of benzene rings is 2. The molecule has 0 aromatic heterocycles. The second-order valence-electron chi connectivity index (χ2n) is 6.28. The molecule has 1 unspecified atom stereocenters. The molecule has 3 rings (SSSR count). The van der Waals surface area contributed by atoms with Crippen molar-refractivity contribution in [2.45, 2.75) is 11.3 Å². The van der Waals surface area contributed by atoms with Gasteiger partial charge < -0.3 is 10.2 Å². The molecule has 1 aliphatic heterocycles. The lowest BCUT2D eigenvalue weighted by atomic mass is 10.1. The van der Waals surface area contributed by atoms with Crippen LogP contribution in [0.2, 0.25) is 0 Å². The van der Waals surface area contributed by atoms with Gasteiger partial charge >= 0.3 is 0 Å². The minimum absolute atomic E-state index is 0.00468. The molecular weight excluding hydrogens is 439 g/mol. The van der Waals surface area contributed by atoms with E-state index in [1.807, 2.05) is 0 Å². The number of halogens is 2. The van der Waals surface area contributed by atoms with Gasteiger partial charge in [0.2, 0.25) is 11.8 Å². The minimum Gasteiger partial charge on any atom is -0.323 e. The smallest absolute Gasteiger partial charge is 0.229 e. The van der Waals surface area contributed by atoms with Crippen molar-refractivity contribution in [2.75, 3.05) is 23.0 Å². The lowest BCUT2D eigenvalue weighted by molar-refractivity contribution is -0.122. The fourth-order valence-electron chi connectivity index (χ4n) is 2.82. The van der Waals surface area contributed by atoms with Crippen LogP contribution in [0.3, 0.4) is 0 Å². The summed E-state index contributed by atoms with van der Waals surface area (Å²) < 4.78 is 38.1. The second-order valence-corrected chi connectivity index (χ2v) is 9.22. The molecule has 1 N–H and O–H groups in total. The Kier molecular flexibility index (Phi) is 5.34. The van der Waals surface area contributed by atoms with E-state index in [2.05, 4.69) is 21.2 Å². The van der Waals surface area contributed by atoms with Gasteiger partial charge in [-0.3, -0.25) is 9.59 Å². The number of sulfone groups is 1. The normalized spacial score (nSPS) is 17.2. The van der Waals surface area contributed by atoms with Crippen LogP contribution in [-0.4, -0.2) is 33.0 Å². The Morgan fingerprint density at radius 1 is 1.22 bits per heavy atom. The first-order chi connectivity index (χ1) is 12.6. The fraction of sp³-hybridized carbons (Fsp3) is 0.222. The van der Waals surface area contributed by atoms with E-state index in [4.69, 9.17) is 0 Å². The summed E-state index contributed by atoms with van der Waals surface area (Å²) in [6.45, 7) is 0.166. The molecule has 27 heavy (non-hydrogen) atoms. The Labute approximate surface area is 164 Å². The van der Waals surface area contributed by atoms with Crippen molar-refractivity contribution in [3.8, 4) is 0 Å². The van der Waals surface area contributed by atoms with E-state index in [9.17, 15) is 22.4 Å². The van der Waals surface area contributed by atoms with E-state index in [0.29, 0.717) is 5.69 Å². The number of carbonyl (C=O) groups is 2. The van der Waals surface area contributed by atoms with Gasteiger partial charge in [0, 0.05) is 29.4 Å². The standard InChI is InChI=1S/C18H16BrFN2O4S/c1-27(25,26)14-6-7-15(20)16(9-14)21-18(24)11-8-17(23)22(10-11)13-4-2-12(19)3-5-13/h2-7,9,11H,8,10H2,1H3,(H,21,24). The summed E-state index contributed by atoms with van der Waals surface area (Å²) >= 11 is 3.32. The molecule has 1 heterocycles. The summed E-state index contributed by atoms with van der Waals surface area (Å²) in [5.41, 5.74) is 0.446. The summed E-state index contributed by atoms with van der Waals surface area (Å²) in [6.07, 6.45) is 0.993. The van der Waals surface area contributed by atoms with E-state index in [0.717, 1.165) is 28.9 Å². The highest BCUT2D eigenvalue weighted by Crippen LogP contribution is 2.28. The second kappa shape index (κ2) is 7.40. The predicted molar refractivity (Wildman–Crippen MR) is 103 cm³/mol. The highest BCUT2D eigenvalue weighted by atomic mass is 79.9. The third-order valence-corrected chi connectivity index (χ3v) is 5.90. The number of nitrogens with zero attached hydrogens (tertiary/aromatic N) is 1. The van der Waals surface area contributed by atoms with E-state index in [1.165, 1.54) is 4.90 Å². The van der Waals surface area contributed by atoms with Crippen LogP contribution in [0.15, 0.2) is 51.8 Å². The Morgan fingerprint density at radius 3 is 2.52 bits per heavy atom. The predicted octanol–water partition coefficient (Wildman–Crippen LogP) is 2.98. The van der Waals surface area contributed by atoms with Gasteiger partial charge in [0.15, 0.2) is 9.84 Å². The van der Waals surface area contributed by atoms with Crippen LogP contribution in [0.5, 0.6) is 0 Å². The summed E-state index contributed by atoms with van der Waals surface area (Å²) in [5.74, 6) is -2.15. The first kappa shape index (κ1) is 19.5.